The van der Waals surface area contributed by atoms with Crippen LogP contribution in [0.15, 0.2) is 29.2 Å². The second-order valence-electron chi connectivity index (χ2n) is 6.23. The minimum Gasteiger partial charge on any atom is -0.351 e. The van der Waals surface area contributed by atoms with E-state index in [2.05, 4.69) is 0 Å². The summed E-state index contributed by atoms with van der Waals surface area (Å²) in [6.07, 6.45) is 3.42. The molecule has 4 nitrogen and oxygen atoms in total. The molecule has 0 bridgehead atoms. The average molecular weight is 308 g/mol. The van der Waals surface area contributed by atoms with E-state index in [-0.39, 0.29) is 16.8 Å². The lowest BCUT2D eigenvalue weighted by atomic mass is 9.85. The van der Waals surface area contributed by atoms with Crippen LogP contribution in [0.1, 0.15) is 31.2 Å². The first-order valence-electron chi connectivity index (χ1n) is 7.56. The van der Waals surface area contributed by atoms with Gasteiger partial charge in [0.1, 0.15) is 5.60 Å². The molecular weight excluding hydrogens is 288 g/mol. The molecule has 2 atom stereocenters. The Morgan fingerprint density at radius 3 is 2.29 bits per heavy atom. The minimum atomic E-state index is -1.09. The quantitative estimate of drug-likeness (QED) is 0.788. The van der Waals surface area contributed by atoms with Gasteiger partial charge in [-0.3, -0.25) is 4.21 Å². The summed E-state index contributed by atoms with van der Waals surface area (Å²) < 4.78 is 30.0. The number of hydrogen-bond donors (Lipinski definition) is 0. The summed E-state index contributed by atoms with van der Waals surface area (Å²) in [5.41, 5.74) is 0.798. The number of epoxide rings is 1. The van der Waals surface area contributed by atoms with Crippen molar-refractivity contribution in [3.63, 3.8) is 0 Å². The highest BCUT2D eigenvalue weighted by molar-refractivity contribution is 7.85. The van der Waals surface area contributed by atoms with Gasteiger partial charge in [-0.1, -0.05) is 17.7 Å². The van der Waals surface area contributed by atoms with Crippen LogP contribution in [-0.2, 0) is 25.0 Å². The van der Waals surface area contributed by atoms with Gasteiger partial charge in [0.05, 0.1) is 24.0 Å². The lowest BCUT2D eigenvalue weighted by Gasteiger charge is -2.34. The molecule has 2 unspecified atom stereocenters. The maximum atomic E-state index is 12.6. The molecule has 0 radical (unpaired) electrons. The normalized spacial score (nSPS) is 30.6. The number of hydrogen-bond acceptors (Lipinski definition) is 4. The molecule has 2 spiro atoms. The van der Waals surface area contributed by atoms with Crippen molar-refractivity contribution in [2.45, 2.75) is 54.3 Å². The van der Waals surface area contributed by atoms with E-state index in [9.17, 15) is 4.21 Å². The van der Waals surface area contributed by atoms with Crippen molar-refractivity contribution in [3.8, 4) is 0 Å². The maximum Gasteiger partial charge on any atom is 0.168 e. The molecule has 5 heteroatoms. The summed E-state index contributed by atoms with van der Waals surface area (Å²) in [6.45, 7) is 3.41. The molecule has 0 amide bonds. The first-order valence-corrected chi connectivity index (χ1v) is 8.77. The van der Waals surface area contributed by atoms with E-state index in [1.807, 2.05) is 31.2 Å². The summed E-state index contributed by atoms with van der Waals surface area (Å²) >= 11 is 0. The molecule has 114 valence electrons. The summed E-state index contributed by atoms with van der Waals surface area (Å²) in [7, 11) is -1.09. The van der Waals surface area contributed by atoms with Crippen molar-refractivity contribution in [2.75, 3.05) is 13.2 Å². The summed E-state index contributed by atoms with van der Waals surface area (Å²) in [4.78, 5) is 0.858. The monoisotopic (exact) mass is 308 g/mol. The molecule has 21 heavy (non-hydrogen) atoms. The van der Waals surface area contributed by atoms with E-state index in [0.29, 0.717) is 13.2 Å². The zero-order valence-corrected chi connectivity index (χ0v) is 13.0. The van der Waals surface area contributed by atoms with Crippen LogP contribution >= 0.6 is 0 Å². The van der Waals surface area contributed by atoms with E-state index in [0.717, 1.165) is 30.6 Å². The molecule has 3 aliphatic rings. The Balaban J connectivity index is 1.43. The molecule has 1 aromatic carbocycles. The van der Waals surface area contributed by atoms with Gasteiger partial charge in [-0.2, -0.15) is 0 Å². The predicted octanol–water partition coefficient (Wildman–Crippen LogP) is 2.51. The second-order valence-corrected chi connectivity index (χ2v) is 7.73. The van der Waals surface area contributed by atoms with E-state index in [1.165, 1.54) is 5.56 Å². The first kappa shape index (κ1) is 13.9. The molecule has 0 N–H and O–H groups in total. The van der Waals surface area contributed by atoms with Crippen LogP contribution < -0.4 is 0 Å². The fourth-order valence-corrected chi connectivity index (χ4v) is 4.96. The molecule has 4 rings (SSSR count). The summed E-state index contributed by atoms with van der Waals surface area (Å²) in [5, 5.41) is 0. The Labute approximate surface area is 127 Å². The first-order chi connectivity index (χ1) is 10.1. The lowest BCUT2D eigenvalue weighted by Crippen LogP contribution is -2.39. The average Bonchev–Trinajstić information content (AvgIpc) is 3.02. The van der Waals surface area contributed by atoms with Crippen LogP contribution in [-0.4, -0.2) is 34.2 Å². The Kier molecular flexibility index (Phi) is 3.23. The molecule has 3 fully saturated rings. The largest absolute Gasteiger partial charge is 0.351 e. The highest BCUT2D eigenvalue weighted by atomic mass is 32.2. The summed E-state index contributed by atoms with van der Waals surface area (Å²) in [6, 6.07) is 7.87. The van der Waals surface area contributed by atoms with Crippen molar-refractivity contribution >= 4 is 10.8 Å². The van der Waals surface area contributed by atoms with Crippen molar-refractivity contribution in [1.29, 1.82) is 0 Å². The highest BCUT2D eigenvalue weighted by Crippen LogP contribution is 2.54. The Bertz CT molecular complexity index is 552. The van der Waals surface area contributed by atoms with Gasteiger partial charge in [0.15, 0.2) is 11.2 Å². The van der Waals surface area contributed by atoms with Gasteiger partial charge < -0.3 is 14.2 Å². The molecule has 1 saturated carbocycles. The molecule has 0 aromatic heterocycles. The third kappa shape index (κ3) is 2.36. The standard InChI is InChI=1S/C16H20O4S/c1-12-2-4-13(5-3-12)21(17)14-15(20-14)6-8-16(9-7-15)18-10-11-19-16/h2-5,14H,6-11H2,1H3. The van der Waals surface area contributed by atoms with Gasteiger partial charge in [0.25, 0.3) is 0 Å². The van der Waals surface area contributed by atoms with E-state index in [1.54, 1.807) is 0 Å². The van der Waals surface area contributed by atoms with Gasteiger partial charge in [0, 0.05) is 17.7 Å². The van der Waals surface area contributed by atoms with Crippen LogP contribution in [0, 0.1) is 6.92 Å². The SMILES string of the molecule is Cc1ccc(S(=O)C2OC23CCC2(CC3)OCCO2)cc1. The minimum absolute atomic E-state index is 0.168. The molecule has 2 heterocycles. The summed E-state index contributed by atoms with van der Waals surface area (Å²) in [5.74, 6) is -0.382. The molecule has 2 saturated heterocycles. The number of rotatable bonds is 2. The fourth-order valence-electron chi connectivity index (χ4n) is 3.41. The number of benzene rings is 1. The Morgan fingerprint density at radius 2 is 1.67 bits per heavy atom. The molecular formula is C16H20O4S. The van der Waals surface area contributed by atoms with Crippen molar-refractivity contribution < 1.29 is 18.4 Å². The fraction of sp³-hybridized carbons (Fsp3) is 0.625. The van der Waals surface area contributed by atoms with Crippen LogP contribution in [0.25, 0.3) is 0 Å². The van der Waals surface area contributed by atoms with Gasteiger partial charge in [-0.05, 0) is 31.9 Å². The van der Waals surface area contributed by atoms with E-state index >= 15 is 0 Å². The second kappa shape index (κ2) is 4.88. The van der Waals surface area contributed by atoms with Crippen LogP contribution in [0.4, 0.5) is 0 Å². The van der Waals surface area contributed by atoms with E-state index in [4.69, 9.17) is 14.2 Å². The topological polar surface area (TPSA) is 48.1 Å². The van der Waals surface area contributed by atoms with Crippen molar-refractivity contribution in [2.24, 2.45) is 0 Å². The van der Waals surface area contributed by atoms with Gasteiger partial charge in [-0.15, -0.1) is 0 Å². The Morgan fingerprint density at radius 1 is 1.05 bits per heavy atom. The Hall–Kier alpha value is -0.750. The van der Waals surface area contributed by atoms with Crippen molar-refractivity contribution in [3.05, 3.63) is 29.8 Å². The lowest BCUT2D eigenvalue weighted by molar-refractivity contribution is -0.184. The third-order valence-electron chi connectivity index (χ3n) is 4.83. The predicted molar refractivity (Wildman–Crippen MR) is 78.3 cm³/mol. The third-order valence-corrected chi connectivity index (χ3v) is 6.48. The molecule has 2 aliphatic heterocycles. The molecule has 1 aliphatic carbocycles. The zero-order valence-electron chi connectivity index (χ0n) is 12.2. The van der Waals surface area contributed by atoms with Crippen LogP contribution in [0.2, 0.25) is 0 Å². The van der Waals surface area contributed by atoms with Gasteiger partial charge in [-0.25, -0.2) is 0 Å². The van der Waals surface area contributed by atoms with Crippen LogP contribution in [0.5, 0.6) is 0 Å². The molecule has 1 aromatic rings. The zero-order chi connectivity index (χ0) is 14.5. The van der Waals surface area contributed by atoms with Crippen molar-refractivity contribution in [1.82, 2.24) is 0 Å². The smallest absolute Gasteiger partial charge is 0.168 e. The van der Waals surface area contributed by atoms with Gasteiger partial charge in [0.2, 0.25) is 0 Å². The number of aryl methyl sites for hydroxylation is 1. The van der Waals surface area contributed by atoms with E-state index < -0.39 is 10.8 Å². The maximum absolute atomic E-state index is 12.6. The number of ether oxygens (including phenoxy) is 3. The highest BCUT2D eigenvalue weighted by Gasteiger charge is 2.63. The van der Waals surface area contributed by atoms with Gasteiger partial charge >= 0.3 is 0 Å². The van der Waals surface area contributed by atoms with Crippen LogP contribution in [0.3, 0.4) is 0 Å².